The van der Waals surface area contributed by atoms with Crippen molar-refractivity contribution in [3.8, 4) is 0 Å². The van der Waals surface area contributed by atoms with E-state index in [0.29, 0.717) is 0 Å². The van der Waals surface area contributed by atoms with Gasteiger partial charge in [-0.05, 0) is 29.5 Å². The van der Waals surface area contributed by atoms with Crippen molar-refractivity contribution in [2.75, 3.05) is 0 Å². The molecule has 0 radical (unpaired) electrons. The molecule has 0 saturated carbocycles. The Labute approximate surface area is 86.0 Å². The number of hydrogen-bond acceptors (Lipinski definition) is 2. The summed E-state index contributed by atoms with van der Waals surface area (Å²) in [7, 11) is 0. The molecule has 0 aromatic heterocycles. The van der Waals surface area contributed by atoms with Gasteiger partial charge in [0.1, 0.15) is 0 Å². The Morgan fingerprint density at radius 2 is 1.69 bits per heavy atom. The molecule has 13 heavy (non-hydrogen) atoms. The van der Waals surface area contributed by atoms with Crippen LogP contribution in [0.15, 0.2) is 41.3 Å². The third kappa shape index (κ3) is 1.53. The van der Waals surface area contributed by atoms with Crippen molar-refractivity contribution in [1.82, 2.24) is 0 Å². The lowest BCUT2D eigenvalue weighted by atomic mass is 10.1. The van der Waals surface area contributed by atoms with Crippen molar-refractivity contribution >= 4 is 34.3 Å². The number of hydrogen-bond donors (Lipinski definition) is 1. The van der Waals surface area contributed by atoms with Crippen LogP contribution in [0.2, 0.25) is 5.02 Å². The molecular formula is C10H8ClNS. The first-order valence-corrected chi connectivity index (χ1v) is 5.12. The summed E-state index contributed by atoms with van der Waals surface area (Å²) in [6.07, 6.45) is 0. The second-order valence-electron chi connectivity index (χ2n) is 2.71. The van der Waals surface area contributed by atoms with Gasteiger partial charge < -0.3 is 0 Å². The van der Waals surface area contributed by atoms with Crippen LogP contribution in [0.4, 0.5) is 0 Å². The minimum Gasteiger partial charge on any atom is -0.274 e. The predicted molar refractivity (Wildman–Crippen MR) is 59.0 cm³/mol. The van der Waals surface area contributed by atoms with Crippen molar-refractivity contribution in [1.29, 1.82) is 0 Å². The minimum atomic E-state index is 0.772. The van der Waals surface area contributed by atoms with Crippen LogP contribution in [0.25, 0.3) is 10.8 Å². The average molecular weight is 210 g/mol. The molecule has 2 N–H and O–H groups in total. The van der Waals surface area contributed by atoms with E-state index in [2.05, 4.69) is 0 Å². The summed E-state index contributed by atoms with van der Waals surface area (Å²) in [5.74, 6) is 0. The lowest BCUT2D eigenvalue weighted by Crippen LogP contribution is -1.82. The summed E-state index contributed by atoms with van der Waals surface area (Å²) in [6, 6.07) is 11.8. The highest BCUT2D eigenvalue weighted by molar-refractivity contribution is 7.97. The molecule has 2 rings (SSSR count). The van der Waals surface area contributed by atoms with Crippen LogP contribution in [-0.4, -0.2) is 0 Å². The summed E-state index contributed by atoms with van der Waals surface area (Å²) in [5.41, 5.74) is 0. The van der Waals surface area contributed by atoms with Gasteiger partial charge in [-0.15, -0.1) is 0 Å². The van der Waals surface area contributed by atoms with Crippen molar-refractivity contribution in [2.24, 2.45) is 5.14 Å². The number of nitrogens with two attached hydrogens (primary N) is 1. The first kappa shape index (κ1) is 8.88. The molecule has 0 aliphatic heterocycles. The average Bonchev–Trinajstić information content (AvgIpc) is 2.19. The molecule has 0 aliphatic carbocycles. The van der Waals surface area contributed by atoms with E-state index in [0.717, 1.165) is 20.7 Å². The molecule has 1 nitrogen and oxygen atoms in total. The third-order valence-electron chi connectivity index (χ3n) is 1.96. The van der Waals surface area contributed by atoms with Gasteiger partial charge in [-0.1, -0.05) is 35.9 Å². The van der Waals surface area contributed by atoms with E-state index >= 15 is 0 Å². The molecule has 0 aliphatic rings. The summed E-state index contributed by atoms with van der Waals surface area (Å²) < 4.78 is 0. The van der Waals surface area contributed by atoms with E-state index in [1.807, 2.05) is 36.4 Å². The van der Waals surface area contributed by atoms with Gasteiger partial charge in [0, 0.05) is 15.3 Å². The number of rotatable bonds is 1. The van der Waals surface area contributed by atoms with Crippen LogP contribution in [0.3, 0.4) is 0 Å². The smallest absolute Gasteiger partial charge is 0.0485 e. The molecule has 0 heterocycles. The summed E-state index contributed by atoms with van der Waals surface area (Å²) in [4.78, 5) is 1.06. The largest absolute Gasteiger partial charge is 0.274 e. The normalized spacial score (nSPS) is 10.6. The van der Waals surface area contributed by atoms with Crippen LogP contribution in [0.5, 0.6) is 0 Å². The van der Waals surface area contributed by atoms with Crippen molar-refractivity contribution < 1.29 is 0 Å². The van der Waals surface area contributed by atoms with Gasteiger partial charge in [0.25, 0.3) is 0 Å². The van der Waals surface area contributed by atoms with E-state index in [4.69, 9.17) is 16.7 Å². The van der Waals surface area contributed by atoms with Crippen LogP contribution in [-0.2, 0) is 0 Å². The SMILES string of the molecule is NSc1ccc(Cl)c2ccccc12. The highest BCUT2D eigenvalue weighted by Crippen LogP contribution is 2.29. The predicted octanol–water partition coefficient (Wildman–Crippen LogP) is 3.46. The summed E-state index contributed by atoms with van der Waals surface area (Å²) in [6.45, 7) is 0. The lowest BCUT2D eigenvalue weighted by molar-refractivity contribution is 1.54. The second-order valence-corrected chi connectivity index (χ2v) is 3.79. The standard InChI is InChI=1S/C10H8ClNS/c11-9-5-6-10(13-12)8-4-2-1-3-7(8)9/h1-6H,12H2. The second kappa shape index (κ2) is 3.58. The number of benzene rings is 2. The van der Waals surface area contributed by atoms with E-state index in [-0.39, 0.29) is 0 Å². The minimum absolute atomic E-state index is 0.772. The molecular weight excluding hydrogens is 202 g/mol. The van der Waals surface area contributed by atoms with Crippen molar-refractivity contribution in [3.05, 3.63) is 41.4 Å². The van der Waals surface area contributed by atoms with Crippen LogP contribution in [0, 0.1) is 0 Å². The molecule has 2 aromatic rings. The Morgan fingerprint density at radius 1 is 1.00 bits per heavy atom. The van der Waals surface area contributed by atoms with Crippen molar-refractivity contribution in [3.63, 3.8) is 0 Å². The van der Waals surface area contributed by atoms with Crippen LogP contribution in [0.1, 0.15) is 0 Å². The Hall–Kier alpha value is -0.700. The Bertz CT molecular complexity index is 442. The highest BCUT2D eigenvalue weighted by Gasteiger charge is 2.02. The van der Waals surface area contributed by atoms with Gasteiger partial charge in [0.05, 0.1) is 0 Å². The quantitative estimate of drug-likeness (QED) is 0.728. The van der Waals surface area contributed by atoms with Crippen molar-refractivity contribution in [2.45, 2.75) is 4.90 Å². The molecule has 2 aromatic carbocycles. The molecule has 0 unspecified atom stereocenters. The third-order valence-corrected chi connectivity index (χ3v) is 2.90. The number of fused-ring (bicyclic) bond motifs is 1. The van der Waals surface area contributed by atoms with Gasteiger partial charge in [0.15, 0.2) is 0 Å². The van der Waals surface area contributed by atoms with Gasteiger partial charge in [-0.2, -0.15) is 0 Å². The fourth-order valence-corrected chi connectivity index (χ4v) is 2.02. The lowest BCUT2D eigenvalue weighted by Gasteiger charge is -2.04. The highest BCUT2D eigenvalue weighted by atomic mass is 35.5. The van der Waals surface area contributed by atoms with E-state index in [9.17, 15) is 0 Å². The molecule has 0 atom stereocenters. The molecule has 3 heteroatoms. The van der Waals surface area contributed by atoms with E-state index in [1.54, 1.807) is 0 Å². The van der Waals surface area contributed by atoms with Gasteiger partial charge >= 0.3 is 0 Å². The molecule has 0 spiro atoms. The zero-order chi connectivity index (χ0) is 9.26. The van der Waals surface area contributed by atoms with Gasteiger partial charge in [0.2, 0.25) is 0 Å². The maximum Gasteiger partial charge on any atom is 0.0485 e. The van der Waals surface area contributed by atoms with Gasteiger partial charge in [-0.25, -0.2) is 0 Å². The molecule has 0 amide bonds. The topological polar surface area (TPSA) is 26.0 Å². The van der Waals surface area contributed by atoms with Crippen LogP contribution >= 0.6 is 23.5 Å². The fourth-order valence-electron chi connectivity index (χ4n) is 1.34. The first-order valence-electron chi connectivity index (χ1n) is 3.87. The monoisotopic (exact) mass is 209 g/mol. The maximum absolute atomic E-state index is 6.04. The zero-order valence-electron chi connectivity index (χ0n) is 6.83. The molecule has 0 bridgehead atoms. The molecule has 0 fully saturated rings. The van der Waals surface area contributed by atoms with E-state index in [1.165, 1.54) is 11.9 Å². The zero-order valence-corrected chi connectivity index (χ0v) is 8.40. The maximum atomic E-state index is 6.04. The fraction of sp³-hybridized carbons (Fsp3) is 0. The Morgan fingerprint density at radius 3 is 2.38 bits per heavy atom. The molecule has 66 valence electrons. The van der Waals surface area contributed by atoms with Gasteiger partial charge in [-0.3, -0.25) is 5.14 Å². The van der Waals surface area contributed by atoms with E-state index < -0.39 is 0 Å². The summed E-state index contributed by atoms with van der Waals surface area (Å²) >= 11 is 7.28. The molecule has 0 saturated heterocycles. The Balaban J connectivity index is 2.84. The van der Waals surface area contributed by atoms with Crippen LogP contribution < -0.4 is 5.14 Å². The Kier molecular flexibility index (Phi) is 2.44. The first-order chi connectivity index (χ1) is 6.33. The number of halogens is 1. The summed E-state index contributed by atoms with van der Waals surface area (Å²) in [5, 5.41) is 8.48.